The maximum absolute atomic E-state index is 12.6. The SMILES string of the molecule is Cc1c(CC(=O)N[C@@H](C)Cc2c[nH]c3ccccc23)c(=O)oc2cc(O)ccc12. The molecule has 2 aromatic heterocycles. The number of carbonyl (C=O) groups excluding carboxylic acids is 1. The molecule has 0 saturated heterocycles. The Kier molecular flexibility index (Phi) is 4.84. The van der Waals surface area contributed by atoms with Gasteiger partial charge in [0.25, 0.3) is 0 Å². The van der Waals surface area contributed by atoms with Crippen molar-refractivity contribution >= 4 is 27.8 Å². The van der Waals surface area contributed by atoms with Crippen LogP contribution in [0.3, 0.4) is 0 Å². The molecule has 148 valence electrons. The number of hydrogen-bond acceptors (Lipinski definition) is 4. The molecule has 0 saturated carbocycles. The Morgan fingerprint density at radius 2 is 2.00 bits per heavy atom. The number of phenolic OH excluding ortho intramolecular Hbond substituents is 1. The number of carbonyl (C=O) groups is 1. The largest absolute Gasteiger partial charge is 0.508 e. The Balaban J connectivity index is 1.49. The highest BCUT2D eigenvalue weighted by molar-refractivity contribution is 5.86. The molecule has 1 atom stereocenters. The molecule has 2 aromatic carbocycles. The number of fused-ring (bicyclic) bond motifs is 2. The van der Waals surface area contributed by atoms with Crippen molar-refractivity contribution < 1.29 is 14.3 Å². The van der Waals surface area contributed by atoms with Gasteiger partial charge in [-0.25, -0.2) is 4.79 Å². The normalized spacial score (nSPS) is 12.3. The average Bonchev–Trinajstić information content (AvgIpc) is 3.07. The number of rotatable bonds is 5. The van der Waals surface area contributed by atoms with Crippen LogP contribution in [0.4, 0.5) is 0 Å². The second-order valence-corrected chi connectivity index (χ2v) is 7.38. The van der Waals surface area contributed by atoms with E-state index in [0.717, 1.165) is 16.5 Å². The van der Waals surface area contributed by atoms with Gasteiger partial charge in [-0.3, -0.25) is 4.79 Å². The number of H-pyrrole nitrogens is 1. The van der Waals surface area contributed by atoms with Gasteiger partial charge in [-0.05, 0) is 49.6 Å². The van der Waals surface area contributed by atoms with Crippen LogP contribution < -0.4 is 10.9 Å². The van der Waals surface area contributed by atoms with Crippen LogP contribution in [-0.2, 0) is 17.6 Å². The summed E-state index contributed by atoms with van der Waals surface area (Å²) in [5.41, 5.74) is 2.98. The van der Waals surface area contributed by atoms with E-state index in [1.54, 1.807) is 13.0 Å². The first kappa shape index (κ1) is 18.8. The standard InChI is InChI=1S/C23H22N2O4/c1-13(9-15-12-24-20-6-4-3-5-18(15)20)25-22(27)11-19-14(2)17-8-7-16(26)10-21(17)29-23(19)28/h3-8,10,12-13,24,26H,9,11H2,1-2H3,(H,25,27)/t13-/m0/s1. The topological polar surface area (TPSA) is 95.3 Å². The number of hydrogen-bond donors (Lipinski definition) is 3. The van der Waals surface area contributed by atoms with E-state index in [1.165, 1.54) is 12.1 Å². The lowest BCUT2D eigenvalue weighted by atomic mass is 10.0. The number of aromatic nitrogens is 1. The number of nitrogens with one attached hydrogen (secondary N) is 2. The number of amides is 1. The van der Waals surface area contributed by atoms with Crippen LogP contribution in [0.15, 0.2) is 57.9 Å². The van der Waals surface area contributed by atoms with Crippen LogP contribution >= 0.6 is 0 Å². The van der Waals surface area contributed by atoms with Gasteiger partial charge in [0.05, 0.1) is 12.0 Å². The molecule has 1 amide bonds. The average molecular weight is 390 g/mol. The van der Waals surface area contributed by atoms with Gasteiger partial charge in [0.1, 0.15) is 11.3 Å². The van der Waals surface area contributed by atoms with Crippen molar-refractivity contribution in [3.8, 4) is 5.75 Å². The molecule has 29 heavy (non-hydrogen) atoms. The molecule has 0 fully saturated rings. The van der Waals surface area contributed by atoms with Crippen molar-refractivity contribution in [2.45, 2.75) is 32.7 Å². The van der Waals surface area contributed by atoms with Gasteiger partial charge in [0, 0.05) is 34.6 Å². The number of aryl methyl sites for hydroxylation is 1. The maximum Gasteiger partial charge on any atom is 0.340 e. The lowest BCUT2D eigenvalue weighted by Crippen LogP contribution is -2.36. The molecule has 0 aliphatic rings. The molecular formula is C23H22N2O4. The van der Waals surface area contributed by atoms with Gasteiger partial charge in [-0.15, -0.1) is 0 Å². The van der Waals surface area contributed by atoms with Crippen LogP contribution in [0.1, 0.15) is 23.6 Å². The molecule has 0 radical (unpaired) electrons. The first-order valence-corrected chi connectivity index (χ1v) is 9.52. The van der Waals surface area contributed by atoms with Crippen LogP contribution in [-0.4, -0.2) is 22.0 Å². The summed E-state index contributed by atoms with van der Waals surface area (Å²) in [5, 5.41) is 14.4. The monoisotopic (exact) mass is 390 g/mol. The molecule has 0 aliphatic carbocycles. The minimum atomic E-state index is -0.556. The molecule has 6 nitrogen and oxygen atoms in total. The lowest BCUT2D eigenvalue weighted by molar-refractivity contribution is -0.121. The zero-order valence-corrected chi connectivity index (χ0v) is 16.3. The van der Waals surface area contributed by atoms with Crippen molar-refractivity contribution in [2.24, 2.45) is 0 Å². The molecule has 0 spiro atoms. The first-order chi connectivity index (χ1) is 13.9. The van der Waals surface area contributed by atoms with Gasteiger partial charge in [0.15, 0.2) is 0 Å². The lowest BCUT2D eigenvalue weighted by Gasteiger charge is -2.14. The Hall–Kier alpha value is -3.54. The van der Waals surface area contributed by atoms with Crippen molar-refractivity contribution in [3.05, 3.63) is 75.8 Å². The molecule has 3 N–H and O–H groups in total. The molecular weight excluding hydrogens is 368 g/mol. The smallest absolute Gasteiger partial charge is 0.340 e. The third-order valence-corrected chi connectivity index (χ3v) is 5.22. The number of benzene rings is 2. The van der Waals surface area contributed by atoms with Crippen LogP contribution in [0.2, 0.25) is 0 Å². The van der Waals surface area contributed by atoms with E-state index in [-0.39, 0.29) is 24.1 Å². The summed E-state index contributed by atoms with van der Waals surface area (Å²) in [6.07, 6.45) is 2.59. The van der Waals surface area contributed by atoms with Crippen molar-refractivity contribution in [1.82, 2.24) is 10.3 Å². The fourth-order valence-electron chi connectivity index (χ4n) is 3.75. The van der Waals surface area contributed by atoms with Gasteiger partial charge in [-0.2, -0.15) is 0 Å². The van der Waals surface area contributed by atoms with Crippen molar-refractivity contribution in [2.75, 3.05) is 0 Å². The Morgan fingerprint density at radius 3 is 2.83 bits per heavy atom. The predicted molar refractivity (Wildman–Crippen MR) is 112 cm³/mol. The van der Waals surface area contributed by atoms with E-state index in [1.807, 2.05) is 31.3 Å². The number of phenols is 1. The zero-order valence-electron chi connectivity index (χ0n) is 16.3. The van der Waals surface area contributed by atoms with E-state index in [0.29, 0.717) is 28.5 Å². The molecule has 2 heterocycles. The van der Waals surface area contributed by atoms with Crippen LogP contribution in [0, 0.1) is 6.92 Å². The molecule has 6 heteroatoms. The molecule has 0 bridgehead atoms. The molecule has 4 aromatic rings. The fraction of sp³-hybridized carbons (Fsp3) is 0.217. The summed E-state index contributed by atoms with van der Waals surface area (Å²) in [6, 6.07) is 12.6. The van der Waals surface area contributed by atoms with E-state index >= 15 is 0 Å². The highest BCUT2D eigenvalue weighted by Crippen LogP contribution is 2.23. The third kappa shape index (κ3) is 3.74. The maximum atomic E-state index is 12.6. The Morgan fingerprint density at radius 1 is 1.21 bits per heavy atom. The van der Waals surface area contributed by atoms with Crippen molar-refractivity contribution in [3.63, 3.8) is 0 Å². The second-order valence-electron chi connectivity index (χ2n) is 7.38. The summed E-state index contributed by atoms with van der Waals surface area (Å²) < 4.78 is 5.29. The summed E-state index contributed by atoms with van der Waals surface area (Å²) in [5.74, 6) is -0.206. The molecule has 0 unspecified atom stereocenters. The summed E-state index contributed by atoms with van der Waals surface area (Å²) >= 11 is 0. The van der Waals surface area contributed by atoms with Gasteiger partial charge in [0.2, 0.25) is 5.91 Å². The minimum absolute atomic E-state index is 0.0247. The Bertz CT molecular complexity index is 1270. The fourth-order valence-corrected chi connectivity index (χ4v) is 3.75. The summed E-state index contributed by atoms with van der Waals surface area (Å²) in [4.78, 5) is 28.2. The minimum Gasteiger partial charge on any atom is -0.508 e. The predicted octanol–water partition coefficient (Wildman–Crippen LogP) is 3.58. The second kappa shape index (κ2) is 7.47. The highest BCUT2D eigenvalue weighted by atomic mass is 16.4. The van der Waals surface area contributed by atoms with E-state index in [2.05, 4.69) is 16.4 Å². The number of aromatic hydroxyl groups is 1. The Labute approximate surface area is 167 Å². The molecule has 4 rings (SSSR count). The van der Waals surface area contributed by atoms with E-state index in [9.17, 15) is 14.7 Å². The van der Waals surface area contributed by atoms with Crippen molar-refractivity contribution in [1.29, 1.82) is 0 Å². The summed E-state index contributed by atoms with van der Waals surface area (Å²) in [7, 11) is 0. The zero-order chi connectivity index (χ0) is 20.5. The van der Waals surface area contributed by atoms with Gasteiger partial charge in [-0.1, -0.05) is 18.2 Å². The van der Waals surface area contributed by atoms with Crippen LogP contribution in [0.25, 0.3) is 21.9 Å². The quantitative estimate of drug-likeness (QED) is 0.454. The van der Waals surface area contributed by atoms with Crippen LogP contribution in [0.5, 0.6) is 5.75 Å². The third-order valence-electron chi connectivity index (χ3n) is 5.22. The van der Waals surface area contributed by atoms with Gasteiger partial charge >= 0.3 is 5.63 Å². The number of para-hydroxylation sites is 1. The number of aromatic amines is 1. The molecule has 0 aliphatic heterocycles. The highest BCUT2D eigenvalue weighted by Gasteiger charge is 2.17. The van der Waals surface area contributed by atoms with E-state index < -0.39 is 5.63 Å². The first-order valence-electron chi connectivity index (χ1n) is 9.52. The van der Waals surface area contributed by atoms with E-state index in [4.69, 9.17) is 4.42 Å². The summed E-state index contributed by atoms with van der Waals surface area (Å²) in [6.45, 7) is 3.73. The van der Waals surface area contributed by atoms with Gasteiger partial charge < -0.3 is 19.8 Å².